The van der Waals surface area contributed by atoms with Crippen LogP contribution in [0.4, 0.5) is 0 Å². The molecule has 16 heteroatoms. The van der Waals surface area contributed by atoms with Crippen molar-refractivity contribution in [2.24, 2.45) is 0 Å². The van der Waals surface area contributed by atoms with Gasteiger partial charge in [0.25, 0.3) is 0 Å². The number of nitriles is 3. The Kier molecular flexibility index (Phi) is 17.6. The number of aromatic nitrogens is 3. The maximum absolute atomic E-state index is 12.6. The number of hydrogen-bond acceptors (Lipinski definition) is 12. The molecule has 0 spiro atoms. The second-order valence-corrected chi connectivity index (χ2v) is 18.9. The number of pyridine rings is 3. The zero-order valence-corrected chi connectivity index (χ0v) is 41.9. The summed E-state index contributed by atoms with van der Waals surface area (Å²) in [6, 6.07) is 27.7. The third-order valence-corrected chi connectivity index (χ3v) is 14.1. The largest absolute Gasteiger partial charge is 0.327 e. The highest BCUT2D eigenvalue weighted by molar-refractivity contribution is 9.10. The highest BCUT2D eigenvalue weighted by Crippen LogP contribution is 2.29. The van der Waals surface area contributed by atoms with Gasteiger partial charge in [0.1, 0.15) is 18.1 Å². The third kappa shape index (κ3) is 12.0. The molecule has 3 saturated heterocycles. The maximum atomic E-state index is 12.6. The van der Waals surface area contributed by atoms with E-state index in [1.807, 2.05) is 68.4 Å². The van der Waals surface area contributed by atoms with E-state index >= 15 is 0 Å². The van der Waals surface area contributed by atoms with Crippen LogP contribution in [0, 0.1) is 47.8 Å². The van der Waals surface area contributed by atoms with Gasteiger partial charge in [-0.05, 0) is 106 Å². The summed E-state index contributed by atoms with van der Waals surface area (Å²) in [5, 5.41) is 29.7. The van der Waals surface area contributed by atoms with Crippen LogP contribution in [0.1, 0.15) is 119 Å². The third-order valence-electron chi connectivity index (χ3n) is 13.4. The first-order valence-electron chi connectivity index (χ1n) is 24.2. The Morgan fingerprint density at radius 2 is 0.806 bits per heavy atom. The van der Waals surface area contributed by atoms with Crippen molar-refractivity contribution in [1.82, 2.24) is 29.7 Å². The fraction of sp³-hybridized carbons (Fsp3) is 0.357. The van der Waals surface area contributed by atoms with E-state index in [4.69, 9.17) is 15.8 Å². The minimum atomic E-state index is -0.344. The molecule has 0 bridgehead atoms. The van der Waals surface area contributed by atoms with Crippen LogP contribution in [0.25, 0.3) is 32.7 Å². The molecule has 0 saturated carbocycles. The van der Waals surface area contributed by atoms with E-state index in [2.05, 4.69) is 49.1 Å². The summed E-state index contributed by atoms with van der Waals surface area (Å²) in [6.07, 6.45) is 10.5. The number of Topliss-reactive ketones (excluding diaryl/α,β-unsaturated/α-hetero) is 3. The van der Waals surface area contributed by atoms with Crippen LogP contribution in [-0.4, -0.2) is 102 Å². The smallest absolute Gasteiger partial charge is 0.224 e. The summed E-state index contributed by atoms with van der Waals surface area (Å²) in [6.45, 7) is 5.74. The number of halogens is 1. The summed E-state index contributed by atoms with van der Waals surface area (Å²) in [5.41, 5.74) is 6.11. The van der Waals surface area contributed by atoms with Crippen molar-refractivity contribution in [3.8, 4) is 18.2 Å². The second-order valence-electron chi connectivity index (χ2n) is 18.0. The molecule has 6 heterocycles. The average molecular weight is 1030 g/mol. The Hall–Kier alpha value is -7.74. The van der Waals surface area contributed by atoms with Crippen LogP contribution in [0.15, 0.2) is 95.9 Å². The van der Waals surface area contributed by atoms with Gasteiger partial charge in [-0.2, -0.15) is 15.8 Å². The topological polar surface area (TPSA) is 222 Å². The van der Waals surface area contributed by atoms with E-state index in [1.54, 1.807) is 51.5 Å². The Morgan fingerprint density at radius 3 is 1.15 bits per heavy atom. The number of carbonyl (C=O) groups excluding carboxylic acids is 6. The minimum Gasteiger partial charge on any atom is -0.327 e. The maximum Gasteiger partial charge on any atom is 0.224 e. The highest BCUT2D eigenvalue weighted by Gasteiger charge is 2.31. The predicted molar refractivity (Wildman–Crippen MR) is 274 cm³/mol. The fourth-order valence-electron chi connectivity index (χ4n) is 9.73. The Morgan fingerprint density at radius 1 is 0.486 bits per heavy atom. The van der Waals surface area contributed by atoms with E-state index in [0.29, 0.717) is 36.3 Å². The Bertz CT molecular complexity index is 2840. The van der Waals surface area contributed by atoms with Crippen molar-refractivity contribution < 1.29 is 28.8 Å². The number of carbonyl (C=O) groups is 6. The number of amides is 3. The molecule has 3 aromatic carbocycles. The van der Waals surface area contributed by atoms with E-state index in [-0.39, 0.29) is 91.7 Å². The predicted octanol–water partition coefficient (Wildman–Crippen LogP) is 9.52. The first-order valence-corrected chi connectivity index (χ1v) is 25.0. The molecular weight excluding hydrogens is 975 g/mol. The van der Waals surface area contributed by atoms with Gasteiger partial charge in [0.15, 0.2) is 17.3 Å². The summed E-state index contributed by atoms with van der Waals surface area (Å²) >= 11 is 3.46. The van der Waals surface area contributed by atoms with Gasteiger partial charge in [0.2, 0.25) is 17.7 Å². The molecule has 3 fully saturated rings. The molecule has 3 atom stereocenters. The van der Waals surface area contributed by atoms with Crippen LogP contribution >= 0.6 is 15.9 Å². The van der Waals surface area contributed by atoms with E-state index in [9.17, 15) is 28.8 Å². The molecule has 0 unspecified atom stereocenters. The molecule has 15 nitrogen and oxygen atoms in total. The lowest BCUT2D eigenvalue weighted by Gasteiger charge is -2.19. The molecule has 72 heavy (non-hydrogen) atoms. The number of fused-ring (bicyclic) bond motifs is 3. The molecule has 3 aromatic heterocycles. The SMILES string of the molecule is Cc1cccc2nccc(C(=O)CCC(=O)N3CCC[C@H]3C#N)c12.Cc1cccc2nccc(C(=O)CCC(=O)N3CCC[C@H]3C#N)c12.N#C[C@@H]1CCCN1C(=O)CCC(=O)c1ccnc2cccc(Br)c12. The summed E-state index contributed by atoms with van der Waals surface area (Å²) < 4.78 is 0.812. The van der Waals surface area contributed by atoms with Crippen LogP contribution < -0.4 is 0 Å². The minimum absolute atomic E-state index is 0.0576. The van der Waals surface area contributed by atoms with Crippen molar-refractivity contribution in [2.45, 2.75) is 109 Å². The molecule has 3 amide bonds. The summed E-state index contributed by atoms with van der Waals surface area (Å²) in [5.74, 6) is -0.541. The van der Waals surface area contributed by atoms with Gasteiger partial charge < -0.3 is 14.7 Å². The first kappa shape index (κ1) is 52.1. The highest BCUT2D eigenvalue weighted by atomic mass is 79.9. The molecule has 0 aliphatic carbocycles. The number of ketones is 3. The Labute approximate surface area is 426 Å². The van der Waals surface area contributed by atoms with Crippen LogP contribution in [0.5, 0.6) is 0 Å². The first-order chi connectivity index (χ1) is 34.8. The molecular formula is C56H54BrN9O6. The molecule has 9 rings (SSSR count). The lowest BCUT2D eigenvalue weighted by Crippen LogP contribution is -2.34. The number of aryl methyl sites for hydroxylation is 2. The molecule has 366 valence electrons. The zero-order chi connectivity index (χ0) is 51.3. The molecule has 0 N–H and O–H groups in total. The van der Waals surface area contributed by atoms with Crippen molar-refractivity contribution in [1.29, 1.82) is 15.8 Å². The van der Waals surface area contributed by atoms with Crippen LogP contribution in [0.2, 0.25) is 0 Å². The normalized spacial score (nSPS) is 17.0. The van der Waals surface area contributed by atoms with Crippen LogP contribution in [-0.2, 0) is 14.4 Å². The number of rotatable bonds is 12. The van der Waals surface area contributed by atoms with Crippen molar-refractivity contribution in [3.05, 3.63) is 124 Å². The van der Waals surface area contributed by atoms with Gasteiger partial charge in [-0.1, -0.05) is 46.3 Å². The van der Waals surface area contributed by atoms with Gasteiger partial charge >= 0.3 is 0 Å². The molecule has 3 aliphatic rings. The van der Waals surface area contributed by atoms with Gasteiger partial charge in [-0.3, -0.25) is 43.7 Å². The van der Waals surface area contributed by atoms with Gasteiger partial charge in [-0.25, -0.2) is 0 Å². The van der Waals surface area contributed by atoms with Crippen molar-refractivity contribution >= 4 is 83.7 Å². The lowest BCUT2D eigenvalue weighted by atomic mass is 9.98. The quantitative estimate of drug-likeness (QED) is 0.105. The zero-order valence-electron chi connectivity index (χ0n) is 40.4. The molecule has 3 aliphatic heterocycles. The lowest BCUT2D eigenvalue weighted by molar-refractivity contribution is -0.131. The van der Waals surface area contributed by atoms with E-state index in [1.165, 1.54) is 0 Å². The van der Waals surface area contributed by atoms with Crippen molar-refractivity contribution in [3.63, 3.8) is 0 Å². The van der Waals surface area contributed by atoms with Gasteiger partial charge in [0, 0.05) is 114 Å². The number of likely N-dealkylation sites (tertiary alicyclic amines) is 3. The number of hydrogen-bond donors (Lipinski definition) is 0. The van der Waals surface area contributed by atoms with E-state index < -0.39 is 0 Å². The van der Waals surface area contributed by atoms with E-state index in [0.717, 1.165) is 86.8 Å². The monoisotopic (exact) mass is 1030 g/mol. The molecule has 6 aromatic rings. The van der Waals surface area contributed by atoms with Crippen molar-refractivity contribution in [2.75, 3.05) is 19.6 Å². The Balaban J connectivity index is 0.000000158. The van der Waals surface area contributed by atoms with Crippen LogP contribution in [0.3, 0.4) is 0 Å². The summed E-state index contributed by atoms with van der Waals surface area (Å²) in [4.78, 5) is 92.4. The summed E-state index contributed by atoms with van der Waals surface area (Å²) in [7, 11) is 0. The standard InChI is InChI=1S/2C19H19N3O2.C18H16BrN3O2/c2*1-13-4-2-6-16-19(13)15(9-10-21-16)17(23)7-8-18(24)22-11-3-5-14(22)12-20;19-14-4-1-5-15-18(14)13(8-9-21-15)16(23)6-7-17(24)22-10-2-3-12(22)11-20/h2*2,4,6,9-10,14H,3,5,7-8,11H2,1H3;1,4-5,8-9,12H,2-3,6-7,10H2/t2*14-;12-/m000/s1. The number of nitrogens with zero attached hydrogens (tertiary/aromatic N) is 9. The average Bonchev–Trinajstić information content (AvgIpc) is 4.21. The van der Waals surface area contributed by atoms with Gasteiger partial charge in [-0.15, -0.1) is 0 Å². The second kappa shape index (κ2) is 24.4. The molecule has 0 radical (unpaired) electrons. The fourth-order valence-corrected chi connectivity index (χ4v) is 10.3. The van der Waals surface area contributed by atoms with Gasteiger partial charge in [0.05, 0.1) is 34.8 Å². The number of benzene rings is 3.